The molecular formula is C40H53FN6. The Morgan fingerprint density at radius 1 is 1.19 bits per heavy atom. The van der Waals surface area contributed by atoms with Gasteiger partial charge in [-0.25, -0.2) is 9.37 Å². The van der Waals surface area contributed by atoms with E-state index in [0.717, 1.165) is 67.9 Å². The van der Waals surface area contributed by atoms with E-state index in [1.54, 1.807) is 0 Å². The predicted molar refractivity (Wildman–Crippen MR) is 194 cm³/mol. The summed E-state index contributed by atoms with van der Waals surface area (Å²) in [6, 6.07) is 13.1. The van der Waals surface area contributed by atoms with Crippen molar-refractivity contribution in [2.45, 2.75) is 93.8 Å². The molecule has 1 aliphatic carbocycles. The molecule has 1 fully saturated rings. The number of aliphatic imine (C=N–C) groups is 1. The topological polar surface area (TPSA) is 60.5 Å². The van der Waals surface area contributed by atoms with Crippen LogP contribution in [0.25, 0.3) is 16.6 Å². The maximum atomic E-state index is 15.4. The zero-order valence-corrected chi connectivity index (χ0v) is 29.8. The Hall–Kier alpha value is -3.76. The summed E-state index contributed by atoms with van der Waals surface area (Å²) in [5.74, 6) is 0.984. The number of imidazole rings is 1. The second-order valence-electron chi connectivity index (χ2n) is 14.6. The van der Waals surface area contributed by atoms with Gasteiger partial charge < -0.3 is 9.47 Å². The largest absolute Gasteiger partial charge is 0.368 e. The summed E-state index contributed by atoms with van der Waals surface area (Å²) in [5, 5.41) is 9.88. The highest BCUT2D eigenvalue weighted by Crippen LogP contribution is 2.43. The van der Waals surface area contributed by atoms with Gasteiger partial charge in [-0.15, -0.1) is 0 Å². The molecule has 3 heterocycles. The summed E-state index contributed by atoms with van der Waals surface area (Å²) in [6.45, 7) is 25.3. The number of benzene rings is 2. The van der Waals surface area contributed by atoms with Crippen LogP contribution in [0.1, 0.15) is 84.3 Å². The van der Waals surface area contributed by atoms with Crippen molar-refractivity contribution in [3.8, 4) is 6.07 Å². The van der Waals surface area contributed by atoms with Crippen molar-refractivity contribution in [1.82, 2.24) is 14.5 Å². The number of halogens is 1. The summed E-state index contributed by atoms with van der Waals surface area (Å²) in [6.07, 6.45) is 7.63. The fourth-order valence-electron chi connectivity index (χ4n) is 7.44. The van der Waals surface area contributed by atoms with Crippen LogP contribution in [0.4, 0.5) is 10.1 Å². The lowest BCUT2D eigenvalue weighted by Crippen LogP contribution is -2.53. The lowest BCUT2D eigenvalue weighted by atomic mass is 9.80. The van der Waals surface area contributed by atoms with E-state index in [2.05, 4.69) is 78.1 Å². The molecule has 2 aliphatic heterocycles. The van der Waals surface area contributed by atoms with Crippen LogP contribution < -0.4 is 4.90 Å². The molecule has 0 amide bonds. The van der Waals surface area contributed by atoms with E-state index >= 15 is 4.39 Å². The van der Waals surface area contributed by atoms with Gasteiger partial charge in [0.15, 0.2) is 5.82 Å². The quantitative estimate of drug-likeness (QED) is 0.248. The summed E-state index contributed by atoms with van der Waals surface area (Å²) < 4.78 is 17.4. The second kappa shape index (κ2) is 13.8. The van der Waals surface area contributed by atoms with Crippen molar-refractivity contribution in [3.63, 3.8) is 0 Å². The molecule has 6 rings (SSSR count). The zero-order chi connectivity index (χ0) is 34.1. The molecule has 3 aromatic rings. The number of fused-ring (bicyclic) bond motifs is 2. The number of hydrogen-bond donors (Lipinski definition) is 0. The van der Waals surface area contributed by atoms with Gasteiger partial charge in [0.05, 0.1) is 23.5 Å². The predicted octanol–water partition coefficient (Wildman–Crippen LogP) is 8.64. The number of anilines is 1. The first-order valence-electron chi connectivity index (χ1n) is 17.5. The van der Waals surface area contributed by atoms with Crippen molar-refractivity contribution >= 4 is 28.0 Å². The Bertz CT molecular complexity index is 1740. The first kappa shape index (κ1) is 34.6. The fourth-order valence-corrected chi connectivity index (χ4v) is 7.44. The first-order valence-corrected chi connectivity index (χ1v) is 17.5. The smallest absolute Gasteiger partial charge is 0.151 e. The number of allylic oxidation sites excluding steroid dienone is 2. The number of dihydropyridines is 1. The molecule has 3 unspecified atom stereocenters. The van der Waals surface area contributed by atoms with Gasteiger partial charge in [0.1, 0.15) is 11.3 Å². The number of hydrogen-bond acceptors (Lipinski definition) is 5. The minimum Gasteiger partial charge on any atom is -0.368 e. The third kappa shape index (κ3) is 6.94. The fraction of sp³-hybridized carbons (Fsp3) is 0.525. The molecule has 3 aliphatic rings. The normalized spacial score (nSPS) is 22.8. The van der Waals surface area contributed by atoms with Crippen LogP contribution in [0.3, 0.4) is 0 Å². The van der Waals surface area contributed by atoms with Crippen LogP contribution in [0.15, 0.2) is 54.1 Å². The zero-order valence-electron chi connectivity index (χ0n) is 29.8. The Morgan fingerprint density at radius 2 is 1.96 bits per heavy atom. The van der Waals surface area contributed by atoms with Crippen LogP contribution in [0.5, 0.6) is 0 Å². The van der Waals surface area contributed by atoms with E-state index in [1.165, 1.54) is 28.6 Å². The van der Waals surface area contributed by atoms with Crippen LogP contribution in [-0.4, -0.2) is 52.4 Å². The second-order valence-corrected chi connectivity index (χ2v) is 14.6. The van der Waals surface area contributed by atoms with Crippen LogP contribution in [-0.2, 0) is 25.9 Å². The molecule has 1 aromatic heterocycles. The van der Waals surface area contributed by atoms with E-state index < -0.39 is 5.41 Å². The lowest BCUT2D eigenvalue weighted by Gasteiger charge is -2.43. The van der Waals surface area contributed by atoms with Crippen LogP contribution >= 0.6 is 0 Å². The summed E-state index contributed by atoms with van der Waals surface area (Å²) in [4.78, 5) is 14.9. The summed E-state index contributed by atoms with van der Waals surface area (Å²) >= 11 is 0. The maximum Gasteiger partial charge on any atom is 0.151 e. The van der Waals surface area contributed by atoms with Crippen LogP contribution in [0, 0.1) is 33.9 Å². The highest BCUT2D eigenvalue weighted by atomic mass is 19.1. The highest BCUT2D eigenvalue weighted by Gasteiger charge is 2.39. The number of piperazine rings is 1. The molecule has 6 nitrogen and oxygen atoms in total. The average Bonchev–Trinajstić information content (AvgIpc) is 3.59. The van der Waals surface area contributed by atoms with E-state index in [4.69, 9.17) is 9.98 Å². The van der Waals surface area contributed by atoms with Gasteiger partial charge in [0.25, 0.3) is 0 Å². The molecule has 1 saturated heterocycles. The molecule has 0 saturated carbocycles. The molecular weight excluding hydrogens is 583 g/mol. The van der Waals surface area contributed by atoms with Gasteiger partial charge in [-0.3, -0.25) is 9.89 Å². The van der Waals surface area contributed by atoms with Crippen molar-refractivity contribution in [1.29, 1.82) is 5.26 Å². The molecule has 2 aromatic carbocycles. The Balaban J connectivity index is 0.00000213. The van der Waals surface area contributed by atoms with Gasteiger partial charge in [-0.05, 0) is 86.9 Å². The third-order valence-corrected chi connectivity index (χ3v) is 10.1. The van der Waals surface area contributed by atoms with Crippen molar-refractivity contribution in [2.24, 2.45) is 21.7 Å². The van der Waals surface area contributed by atoms with Gasteiger partial charge >= 0.3 is 0 Å². The molecule has 47 heavy (non-hydrogen) atoms. The van der Waals surface area contributed by atoms with E-state index in [1.807, 2.05) is 40.7 Å². The monoisotopic (exact) mass is 636 g/mol. The van der Waals surface area contributed by atoms with E-state index in [0.29, 0.717) is 30.6 Å². The molecule has 0 N–H and O–H groups in total. The van der Waals surface area contributed by atoms with Gasteiger partial charge in [0, 0.05) is 55.6 Å². The molecule has 3 atom stereocenters. The summed E-state index contributed by atoms with van der Waals surface area (Å²) in [5.41, 5.74) is 7.60. The van der Waals surface area contributed by atoms with Crippen molar-refractivity contribution < 1.29 is 4.39 Å². The Morgan fingerprint density at radius 3 is 2.62 bits per heavy atom. The standard InChI is InChI=1S/C38H47FN6.C2H6/c1-8-29-21-44(32-11-9-10-27-18-38(7,19-30(27)32)34-13-12-26(4)20-41-34)15-14-43(29)22-35-42-36-31(39)16-28(25(2)3)17-33(36)45(35)24-37(5,6)23-40;1-2/h9-13,16-17,26,29H,2,8,14-15,18-22,24H2,1,3-7H3;1-2H3. The molecule has 0 spiro atoms. The first-order chi connectivity index (χ1) is 22.4. The Labute approximate surface area is 281 Å². The SMILES string of the molecule is C=C(C)c1cc(F)c2nc(CN3CCN(c4cccc5c4CC(C)(C4=NCC(C)C=C4)C5)CC3CC)n(CC(C)(C)C#N)c2c1.CC. The molecule has 7 heteroatoms. The average molecular weight is 637 g/mol. The van der Waals surface area contributed by atoms with Crippen LogP contribution in [0.2, 0.25) is 0 Å². The number of rotatable bonds is 8. The minimum absolute atomic E-state index is 0.0383. The Kier molecular flexibility index (Phi) is 10.1. The molecule has 0 bridgehead atoms. The minimum atomic E-state index is -0.625. The molecule has 0 radical (unpaired) electrons. The highest BCUT2D eigenvalue weighted by molar-refractivity contribution is 6.01. The van der Waals surface area contributed by atoms with E-state index in [-0.39, 0.29) is 11.2 Å². The van der Waals surface area contributed by atoms with Gasteiger partial charge in [-0.2, -0.15) is 5.26 Å². The molecule has 250 valence electrons. The third-order valence-electron chi connectivity index (χ3n) is 10.1. The number of nitrogens with zero attached hydrogens (tertiary/aromatic N) is 6. The van der Waals surface area contributed by atoms with E-state index in [9.17, 15) is 5.26 Å². The number of nitriles is 1. The number of aromatic nitrogens is 2. The van der Waals surface area contributed by atoms with Gasteiger partial charge in [0.2, 0.25) is 0 Å². The summed E-state index contributed by atoms with van der Waals surface area (Å²) in [7, 11) is 0. The van der Waals surface area contributed by atoms with Crippen molar-refractivity contribution in [2.75, 3.05) is 31.1 Å². The van der Waals surface area contributed by atoms with Crippen molar-refractivity contribution in [3.05, 3.63) is 77.4 Å². The lowest BCUT2D eigenvalue weighted by molar-refractivity contribution is 0.157. The maximum absolute atomic E-state index is 15.4. The van der Waals surface area contributed by atoms with Gasteiger partial charge in [-0.1, -0.05) is 65.0 Å².